The maximum atomic E-state index is 5.28. The molecule has 1 saturated heterocycles. The standard InChI is InChI=1S/C13H22N2O/c1-2-6-15-7-5-12(11-15)9-14-10-13-4-3-8-16-13/h3-4,8,12,14H,2,5-7,9-11H2,1H3. The van der Waals surface area contributed by atoms with E-state index in [1.165, 1.54) is 32.5 Å². The Kier molecular flexibility index (Phi) is 4.43. The molecule has 1 fully saturated rings. The van der Waals surface area contributed by atoms with Gasteiger partial charge in [-0.05, 0) is 50.5 Å². The van der Waals surface area contributed by atoms with Crippen molar-refractivity contribution in [2.45, 2.75) is 26.3 Å². The molecule has 0 amide bonds. The van der Waals surface area contributed by atoms with Crippen molar-refractivity contribution in [3.05, 3.63) is 24.2 Å². The molecule has 1 aliphatic heterocycles. The molecule has 1 N–H and O–H groups in total. The van der Waals surface area contributed by atoms with Crippen molar-refractivity contribution in [3.63, 3.8) is 0 Å². The van der Waals surface area contributed by atoms with Gasteiger partial charge in [0.2, 0.25) is 0 Å². The van der Waals surface area contributed by atoms with E-state index in [0.717, 1.165) is 24.8 Å². The van der Waals surface area contributed by atoms with Crippen molar-refractivity contribution in [1.29, 1.82) is 0 Å². The van der Waals surface area contributed by atoms with Gasteiger partial charge in [0.25, 0.3) is 0 Å². The van der Waals surface area contributed by atoms with Crippen LogP contribution in [0.15, 0.2) is 22.8 Å². The van der Waals surface area contributed by atoms with Gasteiger partial charge in [-0.1, -0.05) is 6.92 Å². The summed E-state index contributed by atoms with van der Waals surface area (Å²) in [5.74, 6) is 1.85. The zero-order valence-electron chi connectivity index (χ0n) is 10.1. The predicted molar refractivity (Wildman–Crippen MR) is 65.3 cm³/mol. The number of likely N-dealkylation sites (tertiary alicyclic amines) is 1. The first-order valence-corrected chi connectivity index (χ1v) is 6.34. The first-order chi connectivity index (χ1) is 7.88. The molecule has 3 nitrogen and oxygen atoms in total. The van der Waals surface area contributed by atoms with Gasteiger partial charge >= 0.3 is 0 Å². The Morgan fingerprint density at radius 3 is 3.25 bits per heavy atom. The summed E-state index contributed by atoms with van der Waals surface area (Å²) in [4.78, 5) is 2.57. The van der Waals surface area contributed by atoms with Crippen LogP contribution < -0.4 is 5.32 Å². The monoisotopic (exact) mass is 222 g/mol. The topological polar surface area (TPSA) is 28.4 Å². The van der Waals surface area contributed by atoms with Gasteiger partial charge in [0.15, 0.2) is 0 Å². The second-order valence-corrected chi connectivity index (χ2v) is 4.67. The Morgan fingerprint density at radius 1 is 1.56 bits per heavy atom. The second kappa shape index (κ2) is 6.06. The van der Waals surface area contributed by atoms with Crippen LogP contribution in [0.25, 0.3) is 0 Å². The lowest BCUT2D eigenvalue weighted by Gasteiger charge is -2.14. The molecule has 90 valence electrons. The van der Waals surface area contributed by atoms with Crippen LogP contribution in [0.3, 0.4) is 0 Å². The summed E-state index contributed by atoms with van der Waals surface area (Å²) >= 11 is 0. The molecule has 16 heavy (non-hydrogen) atoms. The van der Waals surface area contributed by atoms with Gasteiger partial charge in [-0.15, -0.1) is 0 Å². The Labute approximate surface area is 97.8 Å². The average Bonchev–Trinajstić information content (AvgIpc) is 2.90. The Bertz CT molecular complexity index is 284. The van der Waals surface area contributed by atoms with Gasteiger partial charge in [0.05, 0.1) is 12.8 Å². The SMILES string of the molecule is CCCN1CCC(CNCc2ccco2)C1. The number of nitrogens with zero attached hydrogens (tertiary/aromatic N) is 1. The van der Waals surface area contributed by atoms with Crippen LogP contribution in [0, 0.1) is 5.92 Å². The highest BCUT2D eigenvalue weighted by Crippen LogP contribution is 2.15. The van der Waals surface area contributed by atoms with Crippen LogP contribution in [-0.4, -0.2) is 31.1 Å². The number of furan rings is 1. The number of rotatable bonds is 6. The molecule has 1 atom stereocenters. The lowest BCUT2D eigenvalue weighted by Crippen LogP contribution is -2.26. The third-order valence-electron chi connectivity index (χ3n) is 3.22. The van der Waals surface area contributed by atoms with Crippen molar-refractivity contribution in [2.24, 2.45) is 5.92 Å². The third-order valence-corrected chi connectivity index (χ3v) is 3.22. The summed E-state index contributed by atoms with van der Waals surface area (Å²) in [7, 11) is 0. The summed E-state index contributed by atoms with van der Waals surface area (Å²) in [5.41, 5.74) is 0. The van der Waals surface area contributed by atoms with Crippen molar-refractivity contribution in [2.75, 3.05) is 26.2 Å². The zero-order valence-corrected chi connectivity index (χ0v) is 10.1. The fourth-order valence-corrected chi connectivity index (χ4v) is 2.41. The lowest BCUT2D eigenvalue weighted by atomic mass is 10.1. The van der Waals surface area contributed by atoms with Crippen molar-refractivity contribution < 1.29 is 4.42 Å². The Balaban J connectivity index is 1.60. The zero-order chi connectivity index (χ0) is 11.2. The fraction of sp³-hybridized carbons (Fsp3) is 0.692. The van der Waals surface area contributed by atoms with Crippen LogP contribution in [-0.2, 0) is 6.54 Å². The Morgan fingerprint density at radius 2 is 2.50 bits per heavy atom. The van der Waals surface area contributed by atoms with E-state index in [-0.39, 0.29) is 0 Å². The number of nitrogens with one attached hydrogen (secondary N) is 1. The lowest BCUT2D eigenvalue weighted by molar-refractivity contribution is 0.321. The van der Waals surface area contributed by atoms with E-state index >= 15 is 0 Å². The highest BCUT2D eigenvalue weighted by Gasteiger charge is 2.20. The van der Waals surface area contributed by atoms with Gasteiger partial charge in [-0.3, -0.25) is 0 Å². The first-order valence-electron chi connectivity index (χ1n) is 6.34. The van der Waals surface area contributed by atoms with Crippen molar-refractivity contribution >= 4 is 0 Å². The highest BCUT2D eigenvalue weighted by molar-refractivity contribution is 4.97. The molecule has 2 heterocycles. The number of hydrogen-bond donors (Lipinski definition) is 1. The quantitative estimate of drug-likeness (QED) is 0.799. The van der Waals surface area contributed by atoms with E-state index in [0.29, 0.717) is 0 Å². The normalized spacial score (nSPS) is 21.7. The minimum absolute atomic E-state index is 0.821. The van der Waals surface area contributed by atoms with E-state index in [1.807, 2.05) is 12.1 Å². The molecule has 0 bridgehead atoms. The molecular formula is C13H22N2O. The predicted octanol–water partition coefficient (Wildman–Crippen LogP) is 2.10. The molecule has 0 saturated carbocycles. The van der Waals surface area contributed by atoms with Crippen LogP contribution >= 0.6 is 0 Å². The molecule has 1 aromatic heterocycles. The minimum atomic E-state index is 0.821. The molecule has 0 aromatic carbocycles. The summed E-state index contributed by atoms with van der Waals surface area (Å²) in [6, 6.07) is 3.96. The summed E-state index contributed by atoms with van der Waals surface area (Å²) in [6.45, 7) is 8.02. The third kappa shape index (κ3) is 3.35. The van der Waals surface area contributed by atoms with Crippen molar-refractivity contribution in [1.82, 2.24) is 10.2 Å². The van der Waals surface area contributed by atoms with Gasteiger partial charge in [0.1, 0.15) is 5.76 Å². The van der Waals surface area contributed by atoms with Gasteiger partial charge in [-0.25, -0.2) is 0 Å². The molecule has 1 aliphatic rings. The van der Waals surface area contributed by atoms with Crippen LogP contribution in [0.5, 0.6) is 0 Å². The average molecular weight is 222 g/mol. The van der Waals surface area contributed by atoms with Crippen LogP contribution in [0.2, 0.25) is 0 Å². The van der Waals surface area contributed by atoms with Crippen LogP contribution in [0.1, 0.15) is 25.5 Å². The molecule has 3 heteroatoms. The van der Waals surface area contributed by atoms with E-state index in [2.05, 4.69) is 17.1 Å². The smallest absolute Gasteiger partial charge is 0.117 e. The van der Waals surface area contributed by atoms with Gasteiger partial charge in [0, 0.05) is 6.54 Å². The van der Waals surface area contributed by atoms with Gasteiger partial charge < -0.3 is 14.6 Å². The molecule has 2 rings (SSSR count). The van der Waals surface area contributed by atoms with Crippen molar-refractivity contribution in [3.8, 4) is 0 Å². The maximum absolute atomic E-state index is 5.28. The van der Waals surface area contributed by atoms with Gasteiger partial charge in [-0.2, -0.15) is 0 Å². The number of hydrogen-bond acceptors (Lipinski definition) is 3. The second-order valence-electron chi connectivity index (χ2n) is 4.67. The molecule has 1 unspecified atom stereocenters. The largest absolute Gasteiger partial charge is 0.468 e. The van der Waals surface area contributed by atoms with Crippen LogP contribution in [0.4, 0.5) is 0 Å². The molecule has 0 aliphatic carbocycles. The van der Waals surface area contributed by atoms with E-state index in [9.17, 15) is 0 Å². The molecular weight excluding hydrogens is 200 g/mol. The highest BCUT2D eigenvalue weighted by atomic mass is 16.3. The molecule has 0 spiro atoms. The maximum Gasteiger partial charge on any atom is 0.117 e. The summed E-state index contributed by atoms with van der Waals surface area (Å²) in [5, 5.41) is 3.47. The summed E-state index contributed by atoms with van der Waals surface area (Å²) < 4.78 is 5.28. The first kappa shape index (κ1) is 11.7. The fourth-order valence-electron chi connectivity index (χ4n) is 2.41. The molecule has 0 radical (unpaired) electrons. The van der Waals surface area contributed by atoms with E-state index in [1.54, 1.807) is 6.26 Å². The minimum Gasteiger partial charge on any atom is -0.468 e. The van der Waals surface area contributed by atoms with E-state index in [4.69, 9.17) is 4.42 Å². The summed E-state index contributed by atoms with van der Waals surface area (Å²) in [6.07, 6.45) is 4.34. The molecule has 1 aromatic rings. The van der Waals surface area contributed by atoms with E-state index < -0.39 is 0 Å². The Hall–Kier alpha value is -0.800.